The molecule has 0 bridgehead atoms. The van der Waals surface area contributed by atoms with E-state index >= 15 is 0 Å². The number of rotatable bonds is 6. The van der Waals surface area contributed by atoms with Crippen LogP contribution in [0.3, 0.4) is 0 Å². The number of alkyl halides is 3. The Bertz CT molecular complexity index is 1340. The van der Waals surface area contributed by atoms with Crippen LogP contribution in [-0.4, -0.2) is 11.0 Å². The maximum atomic E-state index is 13.5. The Balaban J connectivity index is 1.77. The first-order chi connectivity index (χ1) is 16.5. The van der Waals surface area contributed by atoms with Crippen molar-refractivity contribution in [3.63, 3.8) is 0 Å². The van der Waals surface area contributed by atoms with Gasteiger partial charge in [0.15, 0.2) is 11.6 Å². The van der Waals surface area contributed by atoms with Crippen molar-refractivity contribution in [2.75, 3.05) is 0 Å². The van der Waals surface area contributed by atoms with Crippen molar-refractivity contribution in [3.05, 3.63) is 93.3 Å². The van der Waals surface area contributed by atoms with Crippen molar-refractivity contribution in [1.29, 1.82) is 0 Å². The fraction of sp³-hybridized carbons (Fsp3) is 0.200. The predicted octanol–water partition coefficient (Wildman–Crippen LogP) is 6.07. The van der Waals surface area contributed by atoms with Crippen molar-refractivity contribution >= 4 is 28.7 Å². The summed E-state index contributed by atoms with van der Waals surface area (Å²) in [6, 6.07) is 9.27. The monoisotopic (exact) mass is 508 g/mol. The molecule has 35 heavy (non-hydrogen) atoms. The number of nitrogens with zero attached hydrogens (tertiary/aromatic N) is 1. The van der Waals surface area contributed by atoms with Crippen LogP contribution in [0, 0.1) is 11.6 Å². The number of carboxylic acid groups (broad SMARTS) is 1. The van der Waals surface area contributed by atoms with Crippen LogP contribution in [0.5, 0.6) is 5.75 Å². The number of aromatic carboxylic acids is 1. The van der Waals surface area contributed by atoms with Crippen LogP contribution >= 0.6 is 11.6 Å². The summed E-state index contributed by atoms with van der Waals surface area (Å²) in [6.07, 6.45) is -3.39. The molecule has 0 fully saturated rings. The van der Waals surface area contributed by atoms with Gasteiger partial charge in [-0.3, -0.25) is 0 Å². The molecule has 1 aliphatic carbocycles. The van der Waals surface area contributed by atoms with Gasteiger partial charge >= 0.3 is 6.18 Å². The molecule has 1 aliphatic rings. The maximum absolute atomic E-state index is 13.5. The highest BCUT2D eigenvalue weighted by molar-refractivity contribution is 6.30. The molecule has 0 amide bonds. The Hall–Kier alpha value is -3.46. The van der Waals surface area contributed by atoms with Gasteiger partial charge in [-0.15, -0.1) is 0 Å². The number of carbonyl (C=O) groups is 1. The number of benzene rings is 2. The summed E-state index contributed by atoms with van der Waals surface area (Å²) in [5.41, 5.74) is -0.221. The van der Waals surface area contributed by atoms with E-state index in [4.69, 9.17) is 16.3 Å². The van der Waals surface area contributed by atoms with E-state index in [0.29, 0.717) is 58.4 Å². The van der Waals surface area contributed by atoms with Crippen molar-refractivity contribution in [3.8, 4) is 5.75 Å². The van der Waals surface area contributed by atoms with Crippen molar-refractivity contribution in [1.82, 2.24) is 4.98 Å². The number of halogens is 6. The second kappa shape index (κ2) is 9.65. The zero-order chi connectivity index (χ0) is 25.3. The average molecular weight is 509 g/mol. The first kappa shape index (κ1) is 24.7. The molecular weight excluding hydrogens is 493 g/mol. The summed E-state index contributed by atoms with van der Waals surface area (Å²) in [6.45, 7) is -0.106. The fourth-order valence-corrected chi connectivity index (χ4v) is 4.10. The molecule has 0 atom stereocenters. The van der Waals surface area contributed by atoms with Crippen LogP contribution in [0.15, 0.2) is 48.5 Å². The minimum absolute atomic E-state index is 0.106. The molecule has 4 nitrogen and oxygen atoms in total. The first-order valence-electron chi connectivity index (χ1n) is 10.4. The highest BCUT2D eigenvalue weighted by Gasteiger charge is 2.33. The minimum atomic E-state index is -4.78. The van der Waals surface area contributed by atoms with Crippen LogP contribution in [0.1, 0.15) is 52.1 Å². The Kier molecular flexibility index (Phi) is 6.80. The molecule has 1 heterocycles. The molecule has 0 radical (unpaired) electrons. The predicted molar refractivity (Wildman–Crippen MR) is 116 cm³/mol. The zero-order valence-electron chi connectivity index (χ0n) is 17.9. The van der Waals surface area contributed by atoms with Crippen LogP contribution in [0.4, 0.5) is 22.0 Å². The van der Waals surface area contributed by atoms with E-state index in [0.717, 1.165) is 18.2 Å². The van der Waals surface area contributed by atoms with Crippen LogP contribution in [-0.2, 0) is 12.8 Å². The van der Waals surface area contributed by atoms with Gasteiger partial charge in [-0.2, -0.15) is 13.2 Å². The fourth-order valence-electron chi connectivity index (χ4n) is 3.93. The highest BCUT2D eigenvalue weighted by atomic mass is 35.5. The number of carbonyl (C=O) groups excluding carboxylic acids is 1. The third-order valence-corrected chi connectivity index (χ3v) is 5.77. The molecule has 0 unspecified atom stereocenters. The Morgan fingerprint density at radius 3 is 2.43 bits per heavy atom. The lowest BCUT2D eigenvalue weighted by Gasteiger charge is -2.16. The molecule has 1 aromatic heterocycles. The number of hydrogen-bond acceptors (Lipinski definition) is 4. The topological polar surface area (TPSA) is 62.2 Å². The second-order valence-electron chi connectivity index (χ2n) is 7.90. The molecule has 0 saturated heterocycles. The molecule has 0 aliphatic heterocycles. The number of hydrogen-bond donors (Lipinski definition) is 0. The molecule has 3 aromatic rings. The number of aromatic nitrogens is 1. The van der Waals surface area contributed by atoms with Crippen LogP contribution in [0.2, 0.25) is 5.02 Å². The molecule has 0 spiro atoms. The van der Waals surface area contributed by atoms with E-state index in [2.05, 4.69) is 4.98 Å². The Morgan fingerprint density at radius 1 is 1.00 bits per heavy atom. The third kappa shape index (κ3) is 5.45. The van der Waals surface area contributed by atoms with E-state index in [1.807, 2.05) is 0 Å². The van der Waals surface area contributed by atoms with Gasteiger partial charge in [0.2, 0.25) is 0 Å². The van der Waals surface area contributed by atoms with E-state index in [1.165, 1.54) is 6.07 Å². The lowest BCUT2D eigenvalue weighted by molar-refractivity contribution is -0.255. The van der Waals surface area contributed by atoms with Crippen molar-refractivity contribution in [2.24, 2.45) is 0 Å². The van der Waals surface area contributed by atoms with E-state index in [9.17, 15) is 31.9 Å². The maximum Gasteiger partial charge on any atom is 0.416 e. The average Bonchev–Trinajstić information content (AvgIpc) is 3.29. The first-order valence-corrected chi connectivity index (χ1v) is 10.8. The molecular formula is C25H16ClF5NO3-. The zero-order valence-corrected chi connectivity index (χ0v) is 18.6. The smallest absolute Gasteiger partial charge is 0.416 e. The number of pyridine rings is 1. The third-order valence-electron chi connectivity index (χ3n) is 5.53. The van der Waals surface area contributed by atoms with Gasteiger partial charge in [0, 0.05) is 10.6 Å². The van der Waals surface area contributed by atoms with Gasteiger partial charge in [-0.1, -0.05) is 17.7 Å². The SMILES string of the molecule is O=C([O-])c1cc(C(F)(F)F)cc(C2=C(c3cc(Cl)ccc3OCc3ccc(F)c(F)c3)CCC2)n1. The van der Waals surface area contributed by atoms with Gasteiger partial charge in [-0.25, -0.2) is 13.8 Å². The molecule has 2 aromatic carbocycles. The van der Waals surface area contributed by atoms with Gasteiger partial charge in [-0.05, 0) is 78.4 Å². The number of carboxylic acids is 1. The summed E-state index contributed by atoms with van der Waals surface area (Å²) >= 11 is 6.18. The summed E-state index contributed by atoms with van der Waals surface area (Å²) < 4.78 is 72.8. The van der Waals surface area contributed by atoms with Gasteiger partial charge in [0.05, 0.1) is 22.9 Å². The normalized spacial score (nSPS) is 13.9. The van der Waals surface area contributed by atoms with Crippen LogP contribution < -0.4 is 9.84 Å². The standard InChI is InChI=1S/C25H17ClF5NO3/c26-15-5-7-23(35-12-13-4-6-19(27)20(28)8-13)18(11-15)16-2-1-3-17(16)21-9-14(25(29,30)31)10-22(32-21)24(33)34/h4-11H,1-3,12H2,(H,33,34)/p-1. The Morgan fingerprint density at radius 2 is 1.74 bits per heavy atom. The summed E-state index contributed by atoms with van der Waals surface area (Å²) in [4.78, 5) is 15.2. The van der Waals surface area contributed by atoms with Gasteiger partial charge in [0.1, 0.15) is 12.4 Å². The molecule has 10 heteroatoms. The summed E-state index contributed by atoms with van der Waals surface area (Å²) in [5, 5.41) is 11.7. The van der Waals surface area contributed by atoms with E-state index in [1.54, 1.807) is 18.2 Å². The minimum Gasteiger partial charge on any atom is -0.543 e. The molecule has 0 saturated carbocycles. The van der Waals surface area contributed by atoms with Gasteiger partial charge in [0.25, 0.3) is 0 Å². The summed E-state index contributed by atoms with van der Waals surface area (Å²) in [7, 11) is 0. The quantitative estimate of drug-likeness (QED) is 0.379. The molecule has 4 rings (SSSR count). The van der Waals surface area contributed by atoms with Gasteiger partial charge < -0.3 is 14.6 Å². The highest BCUT2D eigenvalue weighted by Crippen LogP contribution is 2.44. The summed E-state index contributed by atoms with van der Waals surface area (Å²) in [5.74, 6) is -3.52. The second-order valence-corrected chi connectivity index (χ2v) is 8.34. The molecule has 182 valence electrons. The largest absolute Gasteiger partial charge is 0.543 e. The Labute approximate surface area is 201 Å². The van der Waals surface area contributed by atoms with E-state index in [-0.39, 0.29) is 12.3 Å². The number of ether oxygens (including phenoxy) is 1. The van der Waals surface area contributed by atoms with Crippen molar-refractivity contribution in [2.45, 2.75) is 32.0 Å². The lowest BCUT2D eigenvalue weighted by atomic mass is 9.98. The van der Waals surface area contributed by atoms with Crippen LogP contribution in [0.25, 0.3) is 11.1 Å². The van der Waals surface area contributed by atoms with E-state index < -0.39 is 35.0 Å². The lowest BCUT2D eigenvalue weighted by Crippen LogP contribution is -2.25. The van der Waals surface area contributed by atoms with Crippen molar-refractivity contribution < 1.29 is 36.6 Å². The number of allylic oxidation sites excluding steroid dienone is 2. The molecule has 0 N–H and O–H groups in total.